The third-order valence-corrected chi connectivity index (χ3v) is 6.10. The third-order valence-electron chi connectivity index (χ3n) is 5.69. The molecule has 2 aliphatic rings. The van der Waals surface area contributed by atoms with E-state index in [1.807, 2.05) is 20.8 Å². The average Bonchev–Trinajstić information content (AvgIpc) is 2.70. The molecule has 5 heteroatoms. The summed E-state index contributed by atoms with van der Waals surface area (Å²) < 4.78 is 5.49. The predicted octanol–water partition coefficient (Wildman–Crippen LogP) is 5.70. The molecule has 0 spiro atoms. The van der Waals surface area contributed by atoms with Crippen LogP contribution in [0.1, 0.15) is 61.0 Å². The van der Waals surface area contributed by atoms with Crippen molar-refractivity contribution in [2.24, 2.45) is 5.92 Å². The number of hydrogen-bond acceptors (Lipinski definition) is 3. The van der Waals surface area contributed by atoms with Crippen LogP contribution in [0, 0.1) is 12.8 Å². The van der Waals surface area contributed by atoms with Gasteiger partial charge in [0, 0.05) is 17.5 Å². The number of amides is 1. The molecule has 3 rings (SSSR count). The fraction of sp³-hybridized carbons (Fsp3) is 0.440. The number of nitrogens with one attached hydrogen (secondary N) is 1. The molecule has 0 fully saturated rings. The topological polar surface area (TPSA) is 55.4 Å². The highest BCUT2D eigenvalue weighted by atomic mass is 31.0. The molecule has 0 heterocycles. The first-order valence-electron chi connectivity index (χ1n) is 10.8. The number of unbranched alkanes of at least 4 members (excludes halogenated alkanes) is 1. The summed E-state index contributed by atoms with van der Waals surface area (Å²) >= 11 is 0. The summed E-state index contributed by atoms with van der Waals surface area (Å²) in [4.78, 5) is 24.8. The van der Waals surface area contributed by atoms with Gasteiger partial charge in [0.05, 0.1) is 0 Å². The van der Waals surface area contributed by atoms with Gasteiger partial charge in [-0.05, 0) is 88.4 Å². The van der Waals surface area contributed by atoms with Crippen LogP contribution in [-0.4, -0.2) is 24.1 Å². The first-order valence-corrected chi connectivity index (χ1v) is 11.6. The Morgan fingerprint density at radius 3 is 2.77 bits per heavy atom. The van der Waals surface area contributed by atoms with Crippen LogP contribution in [0.2, 0.25) is 0 Å². The van der Waals surface area contributed by atoms with Gasteiger partial charge in [0.1, 0.15) is 5.75 Å². The monoisotopic (exact) mass is 425 g/mol. The van der Waals surface area contributed by atoms with Crippen LogP contribution in [-0.2, 0) is 6.42 Å². The van der Waals surface area contributed by atoms with Crippen molar-refractivity contribution in [1.82, 2.24) is 5.32 Å². The zero-order valence-electron chi connectivity index (χ0n) is 18.2. The summed E-state index contributed by atoms with van der Waals surface area (Å²) in [5.74, 6) is 0.799. The average molecular weight is 426 g/mol. The third kappa shape index (κ3) is 5.49. The van der Waals surface area contributed by atoms with Gasteiger partial charge in [0.2, 0.25) is 0 Å². The van der Waals surface area contributed by atoms with Gasteiger partial charge >= 0.3 is 6.09 Å². The van der Waals surface area contributed by atoms with E-state index in [-0.39, 0.29) is 17.7 Å². The van der Waals surface area contributed by atoms with E-state index in [9.17, 15) is 9.59 Å². The van der Waals surface area contributed by atoms with Gasteiger partial charge in [-0.15, -0.1) is 9.24 Å². The van der Waals surface area contributed by atoms with E-state index in [4.69, 9.17) is 4.74 Å². The van der Waals surface area contributed by atoms with Crippen LogP contribution in [0.4, 0.5) is 4.79 Å². The standard InChI is InChI=1S/C25H32NO3P/c1-16(2)26-25(28)29-24-12-11-21-22(17(24)3)14-20(15-23(21)27)19-9-7-18(8-10-19)6-4-5-13-30/h7-9,11-12,15-16,19H,4-6,10,13-14,30H2,1-3H3,(H,26,28). The minimum atomic E-state index is -0.472. The minimum absolute atomic E-state index is 0.00319. The van der Waals surface area contributed by atoms with Crippen LogP contribution in [0.25, 0.3) is 0 Å². The number of fused-ring (bicyclic) bond motifs is 1. The van der Waals surface area contributed by atoms with Crippen molar-refractivity contribution in [3.8, 4) is 5.75 Å². The molecule has 30 heavy (non-hydrogen) atoms. The number of ketones is 1. The predicted molar refractivity (Wildman–Crippen MR) is 125 cm³/mol. The fourth-order valence-corrected chi connectivity index (χ4v) is 4.30. The molecule has 1 N–H and O–H groups in total. The number of carbonyl (C=O) groups excluding carboxylic acids is 2. The van der Waals surface area contributed by atoms with Gasteiger partial charge in [0.15, 0.2) is 5.78 Å². The molecule has 0 radical (unpaired) electrons. The molecule has 4 nitrogen and oxygen atoms in total. The lowest BCUT2D eigenvalue weighted by Gasteiger charge is -2.25. The van der Waals surface area contributed by atoms with Gasteiger partial charge in [-0.2, -0.15) is 0 Å². The summed E-state index contributed by atoms with van der Waals surface area (Å²) in [6.07, 6.45) is 14.5. The van der Waals surface area contributed by atoms with E-state index in [0.29, 0.717) is 17.7 Å². The van der Waals surface area contributed by atoms with E-state index in [2.05, 4.69) is 32.8 Å². The maximum Gasteiger partial charge on any atom is 0.412 e. The molecule has 0 bridgehead atoms. The quantitative estimate of drug-likeness (QED) is 0.450. The Kier molecular flexibility index (Phi) is 7.66. The second kappa shape index (κ2) is 10.2. The second-order valence-electron chi connectivity index (χ2n) is 8.39. The van der Waals surface area contributed by atoms with E-state index >= 15 is 0 Å². The van der Waals surface area contributed by atoms with Crippen LogP contribution in [0.3, 0.4) is 0 Å². The highest BCUT2D eigenvalue weighted by Crippen LogP contribution is 2.35. The lowest BCUT2D eigenvalue weighted by molar-refractivity contribution is 0.104. The number of allylic oxidation sites excluding steroid dienone is 6. The first-order chi connectivity index (χ1) is 14.4. The van der Waals surface area contributed by atoms with Gasteiger partial charge in [0.25, 0.3) is 0 Å². The van der Waals surface area contributed by atoms with E-state index < -0.39 is 6.09 Å². The molecule has 0 saturated heterocycles. The first kappa shape index (κ1) is 22.5. The van der Waals surface area contributed by atoms with Gasteiger partial charge < -0.3 is 10.1 Å². The summed E-state index contributed by atoms with van der Waals surface area (Å²) in [5, 5.41) is 2.73. The fourth-order valence-electron chi connectivity index (χ4n) is 4.01. The molecule has 0 aromatic heterocycles. The van der Waals surface area contributed by atoms with E-state index in [0.717, 1.165) is 35.7 Å². The van der Waals surface area contributed by atoms with Crippen molar-refractivity contribution in [3.05, 3.63) is 64.3 Å². The van der Waals surface area contributed by atoms with Gasteiger partial charge in [-0.1, -0.05) is 29.4 Å². The maximum absolute atomic E-state index is 12.8. The molecular formula is C25H32NO3P. The Hall–Kier alpha value is -2.19. The molecular weight excluding hydrogens is 393 g/mol. The highest BCUT2D eigenvalue weighted by molar-refractivity contribution is 7.16. The molecule has 160 valence electrons. The van der Waals surface area contributed by atoms with E-state index in [1.165, 1.54) is 18.4 Å². The number of benzene rings is 1. The summed E-state index contributed by atoms with van der Waals surface area (Å²) in [6.45, 7) is 5.70. The van der Waals surface area contributed by atoms with Crippen molar-refractivity contribution < 1.29 is 14.3 Å². The Balaban J connectivity index is 1.72. The van der Waals surface area contributed by atoms with Crippen LogP contribution >= 0.6 is 9.24 Å². The number of ether oxygens (including phenoxy) is 1. The molecule has 0 saturated carbocycles. The highest BCUT2D eigenvalue weighted by Gasteiger charge is 2.25. The second-order valence-corrected chi connectivity index (χ2v) is 8.97. The van der Waals surface area contributed by atoms with Crippen molar-refractivity contribution in [2.45, 2.75) is 58.9 Å². The maximum atomic E-state index is 12.8. The van der Waals surface area contributed by atoms with Crippen molar-refractivity contribution in [2.75, 3.05) is 6.16 Å². The molecule has 2 unspecified atom stereocenters. The Labute approximate surface area is 182 Å². The number of carbonyl (C=O) groups is 2. The van der Waals surface area contributed by atoms with Gasteiger partial charge in [-0.25, -0.2) is 4.79 Å². The lowest BCUT2D eigenvalue weighted by Crippen LogP contribution is -2.33. The summed E-state index contributed by atoms with van der Waals surface area (Å²) in [7, 11) is 2.78. The molecule has 2 atom stereocenters. The van der Waals surface area contributed by atoms with E-state index in [1.54, 1.807) is 18.2 Å². The molecule has 1 aromatic carbocycles. The van der Waals surface area contributed by atoms with Crippen LogP contribution in [0.5, 0.6) is 5.75 Å². The van der Waals surface area contributed by atoms with Crippen molar-refractivity contribution >= 4 is 21.1 Å². The molecule has 2 aliphatic carbocycles. The van der Waals surface area contributed by atoms with Crippen molar-refractivity contribution in [1.29, 1.82) is 0 Å². The number of hydrogen-bond donors (Lipinski definition) is 1. The zero-order chi connectivity index (χ0) is 21.7. The van der Waals surface area contributed by atoms with Crippen molar-refractivity contribution in [3.63, 3.8) is 0 Å². The Bertz CT molecular complexity index is 911. The zero-order valence-corrected chi connectivity index (χ0v) is 19.3. The number of rotatable bonds is 7. The Morgan fingerprint density at radius 2 is 2.10 bits per heavy atom. The lowest BCUT2D eigenvalue weighted by atomic mass is 9.79. The largest absolute Gasteiger partial charge is 0.412 e. The SMILES string of the molecule is Cc1c(OC(=O)NC(C)C)ccc2c1CC(C1C=CC(CCCCP)=CC1)=CC2=O. The molecule has 1 aromatic rings. The Morgan fingerprint density at radius 1 is 1.30 bits per heavy atom. The van der Waals surface area contributed by atoms with Crippen LogP contribution < -0.4 is 10.1 Å². The molecule has 1 amide bonds. The molecule has 0 aliphatic heterocycles. The van der Waals surface area contributed by atoms with Crippen LogP contribution in [0.15, 0.2) is 47.6 Å². The summed E-state index contributed by atoms with van der Waals surface area (Å²) in [5.41, 5.74) is 5.07. The smallest absolute Gasteiger partial charge is 0.410 e. The summed E-state index contributed by atoms with van der Waals surface area (Å²) in [6, 6.07) is 3.50. The van der Waals surface area contributed by atoms with Gasteiger partial charge in [-0.3, -0.25) is 4.79 Å². The normalized spacial score (nSPS) is 18.0. The minimum Gasteiger partial charge on any atom is -0.410 e.